The summed E-state index contributed by atoms with van der Waals surface area (Å²) in [5.74, 6) is 0.827. The van der Waals surface area contributed by atoms with E-state index in [2.05, 4.69) is 45.1 Å². The number of hydrogen-bond donors (Lipinski definition) is 0. The fraction of sp³-hybridized carbons (Fsp3) is 0.533. The Morgan fingerprint density at radius 1 is 1.33 bits per heavy atom. The van der Waals surface area contributed by atoms with Gasteiger partial charge in [-0.05, 0) is 36.3 Å². The van der Waals surface area contributed by atoms with Gasteiger partial charge in [-0.1, -0.05) is 40.2 Å². The van der Waals surface area contributed by atoms with Crippen LogP contribution in [0.4, 0.5) is 0 Å². The number of amides is 1. The van der Waals surface area contributed by atoms with Crippen molar-refractivity contribution in [2.24, 2.45) is 5.92 Å². The number of nitrogens with zero attached hydrogens (tertiary/aromatic N) is 1. The summed E-state index contributed by atoms with van der Waals surface area (Å²) in [6, 6.07) is 8.94. The van der Waals surface area contributed by atoms with Crippen LogP contribution in [0.2, 0.25) is 0 Å². The normalized spacial score (nSPS) is 27.4. The van der Waals surface area contributed by atoms with Gasteiger partial charge >= 0.3 is 0 Å². The highest BCUT2D eigenvalue weighted by Gasteiger charge is 2.35. The molecule has 96 valence electrons. The summed E-state index contributed by atoms with van der Waals surface area (Å²) >= 11 is 3.51. The molecular formula is C15H18BrNO. The van der Waals surface area contributed by atoms with E-state index in [9.17, 15) is 4.79 Å². The molecule has 1 aromatic rings. The number of aryl methyl sites for hydroxylation is 1. The van der Waals surface area contributed by atoms with Crippen molar-refractivity contribution in [3.63, 3.8) is 0 Å². The molecule has 0 N–H and O–H groups in total. The van der Waals surface area contributed by atoms with Crippen LogP contribution in [-0.4, -0.2) is 22.7 Å². The van der Waals surface area contributed by atoms with Gasteiger partial charge in [0, 0.05) is 18.3 Å². The lowest BCUT2D eigenvalue weighted by Crippen LogP contribution is -2.32. The van der Waals surface area contributed by atoms with Crippen LogP contribution in [0, 0.1) is 5.92 Å². The van der Waals surface area contributed by atoms with E-state index in [4.69, 9.17) is 0 Å². The first-order chi connectivity index (χ1) is 8.79. The molecule has 1 heterocycles. The van der Waals surface area contributed by atoms with E-state index >= 15 is 0 Å². The standard InChI is InChI=1S/C15H18BrNO/c16-9-11-8-15(18)17(10-11)14-7-3-5-12-4-1-2-6-13(12)14/h1-2,4,6,11,14H,3,5,7-10H2/t11?,14-/m0/s1. The first-order valence-corrected chi connectivity index (χ1v) is 7.85. The summed E-state index contributed by atoms with van der Waals surface area (Å²) in [6.07, 6.45) is 4.20. The highest BCUT2D eigenvalue weighted by molar-refractivity contribution is 9.09. The topological polar surface area (TPSA) is 20.3 Å². The molecule has 1 aromatic carbocycles. The molecule has 1 aliphatic heterocycles. The zero-order valence-electron chi connectivity index (χ0n) is 10.4. The Kier molecular flexibility index (Phi) is 3.42. The summed E-state index contributed by atoms with van der Waals surface area (Å²) in [7, 11) is 0. The Balaban J connectivity index is 1.88. The molecule has 0 spiro atoms. The molecular weight excluding hydrogens is 290 g/mol. The first kappa shape index (κ1) is 12.2. The van der Waals surface area contributed by atoms with Crippen molar-refractivity contribution >= 4 is 21.8 Å². The molecule has 3 rings (SSSR count). The smallest absolute Gasteiger partial charge is 0.223 e. The minimum Gasteiger partial charge on any atom is -0.335 e. The number of rotatable bonds is 2. The van der Waals surface area contributed by atoms with Gasteiger partial charge in [-0.3, -0.25) is 4.79 Å². The summed E-state index contributed by atoms with van der Waals surface area (Å²) < 4.78 is 0. The maximum absolute atomic E-state index is 12.2. The van der Waals surface area contributed by atoms with Gasteiger partial charge in [-0.15, -0.1) is 0 Å². The SMILES string of the molecule is O=C1CC(CBr)CN1[C@H]1CCCc2ccccc21. The maximum Gasteiger partial charge on any atom is 0.223 e. The van der Waals surface area contributed by atoms with Crippen LogP contribution in [0.25, 0.3) is 0 Å². The van der Waals surface area contributed by atoms with E-state index in [0.717, 1.165) is 24.7 Å². The van der Waals surface area contributed by atoms with Crippen molar-refractivity contribution in [1.82, 2.24) is 4.90 Å². The highest BCUT2D eigenvalue weighted by Crippen LogP contribution is 2.37. The monoisotopic (exact) mass is 307 g/mol. The molecule has 1 saturated heterocycles. The summed E-state index contributed by atoms with van der Waals surface area (Å²) in [6.45, 7) is 0.920. The molecule has 0 radical (unpaired) electrons. The second-order valence-electron chi connectivity index (χ2n) is 5.38. The zero-order chi connectivity index (χ0) is 12.5. The number of benzene rings is 1. The Morgan fingerprint density at radius 2 is 2.17 bits per heavy atom. The van der Waals surface area contributed by atoms with Crippen molar-refractivity contribution in [1.29, 1.82) is 0 Å². The van der Waals surface area contributed by atoms with Crippen molar-refractivity contribution in [3.05, 3.63) is 35.4 Å². The molecule has 1 fully saturated rings. The Labute approximate surface area is 116 Å². The number of likely N-dealkylation sites (tertiary alicyclic amines) is 1. The molecule has 18 heavy (non-hydrogen) atoms. The van der Waals surface area contributed by atoms with Crippen LogP contribution in [0.1, 0.15) is 36.4 Å². The van der Waals surface area contributed by atoms with Crippen LogP contribution < -0.4 is 0 Å². The lowest BCUT2D eigenvalue weighted by atomic mass is 9.87. The number of halogens is 1. The van der Waals surface area contributed by atoms with E-state index in [1.807, 2.05) is 0 Å². The molecule has 2 atom stereocenters. The van der Waals surface area contributed by atoms with Crippen LogP contribution in [-0.2, 0) is 11.2 Å². The van der Waals surface area contributed by atoms with E-state index in [1.54, 1.807) is 0 Å². The molecule has 0 aromatic heterocycles. The van der Waals surface area contributed by atoms with Crippen molar-refractivity contribution in [3.8, 4) is 0 Å². The Hall–Kier alpha value is -0.830. The van der Waals surface area contributed by atoms with Crippen LogP contribution in [0.5, 0.6) is 0 Å². The average Bonchev–Trinajstić information content (AvgIpc) is 2.79. The first-order valence-electron chi connectivity index (χ1n) is 6.73. The largest absolute Gasteiger partial charge is 0.335 e. The lowest BCUT2D eigenvalue weighted by molar-refractivity contribution is -0.130. The fourth-order valence-corrected chi connectivity index (χ4v) is 3.70. The second kappa shape index (κ2) is 5.04. The van der Waals surface area contributed by atoms with E-state index in [0.29, 0.717) is 24.3 Å². The number of fused-ring (bicyclic) bond motifs is 1. The highest BCUT2D eigenvalue weighted by atomic mass is 79.9. The molecule has 1 amide bonds. The fourth-order valence-electron chi connectivity index (χ4n) is 3.27. The van der Waals surface area contributed by atoms with Crippen LogP contribution in [0.15, 0.2) is 24.3 Å². The Bertz CT molecular complexity index is 460. The second-order valence-corrected chi connectivity index (χ2v) is 6.02. The quantitative estimate of drug-likeness (QED) is 0.768. The van der Waals surface area contributed by atoms with Crippen molar-refractivity contribution < 1.29 is 4.79 Å². The molecule has 2 aliphatic rings. The molecule has 0 bridgehead atoms. The van der Waals surface area contributed by atoms with Crippen LogP contribution >= 0.6 is 15.9 Å². The van der Waals surface area contributed by atoms with Gasteiger partial charge < -0.3 is 4.90 Å². The molecule has 3 heteroatoms. The lowest BCUT2D eigenvalue weighted by Gasteiger charge is -2.33. The number of alkyl halides is 1. The predicted molar refractivity (Wildman–Crippen MR) is 75.7 cm³/mol. The van der Waals surface area contributed by atoms with Crippen LogP contribution in [0.3, 0.4) is 0 Å². The minimum atomic E-state index is 0.325. The summed E-state index contributed by atoms with van der Waals surface area (Å²) in [4.78, 5) is 14.3. The number of hydrogen-bond acceptors (Lipinski definition) is 1. The average molecular weight is 308 g/mol. The van der Waals surface area contributed by atoms with Crippen molar-refractivity contribution in [2.45, 2.75) is 31.7 Å². The van der Waals surface area contributed by atoms with Gasteiger partial charge in [0.05, 0.1) is 6.04 Å². The van der Waals surface area contributed by atoms with E-state index in [1.165, 1.54) is 17.5 Å². The van der Waals surface area contributed by atoms with Crippen molar-refractivity contribution in [2.75, 3.05) is 11.9 Å². The minimum absolute atomic E-state index is 0.325. The number of carbonyl (C=O) groups is 1. The number of carbonyl (C=O) groups excluding carboxylic acids is 1. The van der Waals surface area contributed by atoms with Gasteiger partial charge in [-0.2, -0.15) is 0 Å². The predicted octanol–water partition coefficient (Wildman–Crippen LogP) is 3.31. The van der Waals surface area contributed by atoms with E-state index < -0.39 is 0 Å². The third-order valence-corrected chi connectivity index (χ3v) is 5.09. The van der Waals surface area contributed by atoms with Gasteiger partial charge in [0.1, 0.15) is 0 Å². The summed E-state index contributed by atoms with van der Waals surface area (Å²) in [5.41, 5.74) is 2.82. The third kappa shape index (κ3) is 2.09. The van der Waals surface area contributed by atoms with E-state index in [-0.39, 0.29) is 0 Å². The Morgan fingerprint density at radius 3 is 2.94 bits per heavy atom. The molecule has 1 aliphatic carbocycles. The molecule has 1 unspecified atom stereocenters. The third-order valence-electron chi connectivity index (χ3n) is 4.17. The van der Waals surface area contributed by atoms with Gasteiger partial charge in [0.25, 0.3) is 0 Å². The molecule has 2 nitrogen and oxygen atoms in total. The van der Waals surface area contributed by atoms with Gasteiger partial charge in [0.15, 0.2) is 0 Å². The maximum atomic E-state index is 12.2. The zero-order valence-corrected chi connectivity index (χ0v) is 12.0. The summed E-state index contributed by atoms with van der Waals surface area (Å²) in [5, 5.41) is 0.934. The van der Waals surface area contributed by atoms with Gasteiger partial charge in [0.2, 0.25) is 5.91 Å². The van der Waals surface area contributed by atoms with Gasteiger partial charge in [-0.25, -0.2) is 0 Å². The molecule has 0 saturated carbocycles.